The van der Waals surface area contributed by atoms with Gasteiger partial charge in [-0.25, -0.2) is 0 Å². The van der Waals surface area contributed by atoms with Crippen LogP contribution in [0.2, 0.25) is 19.6 Å². The van der Waals surface area contributed by atoms with Gasteiger partial charge in [-0.15, -0.1) is 0 Å². The first-order valence-corrected chi connectivity index (χ1v) is 8.76. The second-order valence-electron chi connectivity index (χ2n) is 4.78. The van der Waals surface area contributed by atoms with Crippen LogP contribution in [0.5, 0.6) is 0 Å². The fourth-order valence-corrected chi connectivity index (χ4v) is 2.09. The van der Waals surface area contributed by atoms with Gasteiger partial charge in [0.05, 0.1) is 6.61 Å². The Labute approximate surface area is 87.5 Å². The molecule has 14 heavy (non-hydrogen) atoms. The molecular formula is C11H20O2Si. The van der Waals surface area contributed by atoms with E-state index in [-0.39, 0.29) is 0 Å². The van der Waals surface area contributed by atoms with Crippen molar-refractivity contribution >= 4 is 14.1 Å². The zero-order valence-electron chi connectivity index (χ0n) is 9.43. The van der Waals surface area contributed by atoms with Crippen LogP contribution in [-0.4, -0.2) is 20.7 Å². The molecule has 0 aliphatic heterocycles. The van der Waals surface area contributed by atoms with E-state index >= 15 is 0 Å². The predicted molar refractivity (Wildman–Crippen MR) is 60.9 cm³/mol. The molecule has 0 N–H and O–H groups in total. The van der Waals surface area contributed by atoms with E-state index in [2.05, 4.69) is 19.6 Å². The molecule has 0 amide bonds. The fraction of sp³-hybridized carbons (Fsp3) is 0.727. The Bertz CT molecular complexity index is 238. The molecule has 0 spiro atoms. The summed E-state index contributed by atoms with van der Waals surface area (Å²) in [5.41, 5.74) is 0.995. The highest BCUT2D eigenvalue weighted by atomic mass is 28.4. The maximum Gasteiger partial charge on any atom is 0.184 e. The van der Waals surface area contributed by atoms with Gasteiger partial charge in [0, 0.05) is 6.42 Å². The molecule has 1 saturated carbocycles. The molecule has 0 heterocycles. The molecular weight excluding hydrogens is 192 g/mol. The Morgan fingerprint density at radius 1 is 1.29 bits per heavy atom. The molecule has 0 aromatic carbocycles. The molecule has 0 radical (unpaired) electrons. The second kappa shape index (κ2) is 4.89. The molecule has 0 aromatic heterocycles. The number of carbonyl (C=O) groups excluding carboxylic acids is 1. The van der Waals surface area contributed by atoms with Gasteiger partial charge in [0.1, 0.15) is 0 Å². The minimum absolute atomic E-state index is 0.329. The quantitative estimate of drug-likeness (QED) is 0.531. The lowest BCUT2D eigenvalue weighted by Gasteiger charge is -2.17. The summed E-state index contributed by atoms with van der Waals surface area (Å²) in [5.74, 6) is 0.329. The van der Waals surface area contributed by atoms with Gasteiger partial charge in [-0.3, -0.25) is 4.79 Å². The first-order chi connectivity index (χ1) is 6.49. The minimum atomic E-state index is -1.42. The van der Waals surface area contributed by atoms with Crippen molar-refractivity contribution in [2.45, 2.75) is 45.3 Å². The van der Waals surface area contributed by atoms with Gasteiger partial charge in [0.2, 0.25) is 0 Å². The van der Waals surface area contributed by atoms with Crippen molar-refractivity contribution in [3.8, 4) is 0 Å². The van der Waals surface area contributed by atoms with Gasteiger partial charge in [0.25, 0.3) is 0 Å². The Hall–Kier alpha value is -0.413. The Kier molecular flexibility index (Phi) is 4.07. The number of allylic oxidation sites excluding steroid dienone is 1. The highest BCUT2D eigenvalue weighted by Crippen LogP contribution is 2.19. The van der Waals surface area contributed by atoms with Crippen LogP contribution in [0, 0.1) is 0 Å². The number of hydrogen-bond donors (Lipinski definition) is 0. The average molecular weight is 212 g/mol. The van der Waals surface area contributed by atoms with Crippen LogP contribution >= 0.6 is 0 Å². The summed E-state index contributed by atoms with van der Waals surface area (Å²) in [6, 6.07) is 0. The number of ketones is 1. The SMILES string of the molecule is C[Si](C)(C)OC/C=C1/CCCCC1=O. The first kappa shape index (κ1) is 11.7. The van der Waals surface area contributed by atoms with Crippen LogP contribution < -0.4 is 0 Å². The molecule has 80 valence electrons. The molecule has 0 saturated heterocycles. The smallest absolute Gasteiger partial charge is 0.184 e. The topological polar surface area (TPSA) is 26.3 Å². The summed E-state index contributed by atoms with van der Waals surface area (Å²) < 4.78 is 5.69. The van der Waals surface area contributed by atoms with Crippen LogP contribution in [0.25, 0.3) is 0 Å². The van der Waals surface area contributed by atoms with E-state index < -0.39 is 8.32 Å². The highest BCUT2D eigenvalue weighted by Gasteiger charge is 2.16. The standard InChI is InChI=1S/C11H20O2Si/c1-14(2,3)13-9-8-10-6-4-5-7-11(10)12/h8H,4-7,9H2,1-3H3/b10-8-. The van der Waals surface area contributed by atoms with E-state index in [0.29, 0.717) is 12.4 Å². The first-order valence-electron chi connectivity index (χ1n) is 5.35. The fourth-order valence-electron chi connectivity index (χ4n) is 1.51. The van der Waals surface area contributed by atoms with Crippen LogP contribution in [0.15, 0.2) is 11.6 Å². The van der Waals surface area contributed by atoms with Crippen LogP contribution in [0.4, 0.5) is 0 Å². The van der Waals surface area contributed by atoms with Crippen molar-refractivity contribution in [1.82, 2.24) is 0 Å². The van der Waals surface area contributed by atoms with Crippen LogP contribution in [-0.2, 0) is 9.22 Å². The number of carbonyl (C=O) groups is 1. The Morgan fingerprint density at radius 3 is 2.50 bits per heavy atom. The third kappa shape index (κ3) is 4.20. The lowest BCUT2D eigenvalue weighted by Crippen LogP contribution is -2.25. The predicted octanol–water partition coefficient (Wildman–Crippen LogP) is 2.91. The van der Waals surface area contributed by atoms with E-state index in [1.54, 1.807) is 0 Å². The summed E-state index contributed by atoms with van der Waals surface area (Å²) in [6.07, 6.45) is 5.89. The van der Waals surface area contributed by atoms with E-state index in [0.717, 1.165) is 31.3 Å². The summed E-state index contributed by atoms with van der Waals surface area (Å²) >= 11 is 0. The molecule has 0 aromatic rings. The van der Waals surface area contributed by atoms with Gasteiger partial charge in [-0.1, -0.05) is 6.08 Å². The molecule has 1 rings (SSSR count). The van der Waals surface area contributed by atoms with Crippen molar-refractivity contribution in [2.75, 3.05) is 6.61 Å². The molecule has 0 bridgehead atoms. The van der Waals surface area contributed by atoms with Gasteiger partial charge in [-0.05, 0) is 44.5 Å². The van der Waals surface area contributed by atoms with E-state index in [4.69, 9.17) is 4.43 Å². The number of hydrogen-bond acceptors (Lipinski definition) is 2. The molecule has 1 aliphatic carbocycles. The maximum atomic E-state index is 11.4. The van der Waals surface area contributed by atoms with Gasteiger partial charge in [0.15, 0.2) is 14.1 Å². The molecule has 1 fully saturated rings. The molecule has 0 atom stereocenters. The Morgan fingerprint density at radius 2 is 1.93 bits per heavy atom. The lowest BCUT2D eigenvalue weighted by molar-refractivity contribution is -0.116. The molecule has 3 heteroatoms. The normalized spacial score (nSPS) is 21.6. The maximum absolute atomic E-state index is 11.4. The average Bonchev–Trinajstić information content (AvgIpc) is 2.06. The Balaban J connectivity index is 2.39. The number of rotatable bonds is 3. The summed E-state index contributed by atoms with van der Waals surface area (Å²) in [4.78, 5) is 11.4. The lowest BCUT2D eigenvalue weighted by atomic mass is 9.93. The van der Waals surface area contributed by atoms with Crippen molar-refractivity contribution < 1.29 is 9.22 Å². The highest BCUT2D eigenvalue weighted by molar-refractivity contribution is 6.69. The van der Waals surface area contributed by atoms with Crippen molar-refractivity contribution in [2.24, 2.45) is 0 Å². The van der Waals surface area contributed by atoms with Gasteiger partial charge in [-0.2, -0.15) is 0 Å². The summed E-state index contributed by atoms with van der Waals surface area (Å²) in [7, 11) is -1.42. The van der Waals surface area contributed by atoms with Gasteiger partial charge >= 0.3 is 0 Å². The van der Waals surface area contributed by atoms with E-state index in [1.807, 2.05) is 6.08 Å². The second-order valence-corrected chi connectivity index (χ2v) is 9.30. The van der Waals surface area contributed by atoms with E-state index in [9.17, 15) is 4.79 Å². The number of Topliss-reactive ketones (excluding diaryl/α,β-unsaturated/α-hetero) is 1. The molecule has 1 aliphatic rings. The van der Waals surface area contributed by atoms with Crippen molar-refractivity contribution in [1.29, 1.82) is 0 Å². The third-order valence-electron chi connectivity index (χ3n) is 2.30. The molecule has 0 unspecified atom stereocenters. The van der Waals surface area contributed by atoms with Crippen LogP contribution in [0.3, 0.4) is 0 Å². The van der Waals surface area contributed by atoms with Gasteiger partial charge < -0.3 is 4.43 Å². The van der Waals surface area contributed by atoms with E-state index in [1.165, 1.54) is 0 Å². The minimum Gasteiger partial charge on any atom is -0.414 e. The zero-order chi connectivity index (χ0) is 10.6. The van der Waals surface area contributed by atoms with Crippen molar-refractivity contribution in [3.05, 3.63) is 11.6 Å². The van der Waals surface area contributed by atoms with Crippen molar-refractivity contribution in [3.63, 3.8) is 0 Å². The third-order valence-corrected chi connectivity index (χ3v) is 3.34. The monoisotopic (exact) mass is 212 g/mol. The zero-order valence-corrected chi connectivity index (χ0v) is 10.4. The largest absolute Gasteiger partial charge is 0.414 e. The summed E-state index contributed by atoms with van der Waals surface area (Å²) in [6.45, 7) is 7.10. The molecule has 2 nitrogen and oxygen atoms in total. The van der Waals surface area contributed by atoms with Crippen LogP contribution in [0.1, 0.15) is 25.7 Å². The summed E-state index contributed by atoms with van der Waals surface area (Å²) in [5, 5.41) is 0.